The Kier molecular flexibility index (Phi) is 11.2. The lowest BCUT2D eigenvalue weighted by molar-refractivity contribution is 0.389. The zero-order chi connectivity index (χ0) is 16.9. The highest BCUT2D eigenvalue weighted by molar-refractivity contribution is 6.31. The average Bonchev–Trinajstić information content (AvgIpc) is 2.53. The van der Waals surface area contributed by atoms with E-state index >= 15 is 0 Å². The molecule has 23 heavy (non-hydrogen) atoms. The van der Waals surface area contributed by atoms with E-state index in [1.807, 2.05) is 12.1 Å². The van der Waals surface area contributed by atoms with Crippen LogP contribution in [-0.4, -0.2) is 32.6 Å². The van der Waals surface area contributed by atoms with E-state index in [-0.39, 0.29) is 0 Å². The predicted molar refractivity (Wildman–Crippen MR) is 102 cm³/mol. The zero-order valence-electron chi connectivity index (χ0n) is 15.2. The molecule has 3 heteroatoms. The van der Waals surface area contributed by atoms with E-state index in [9.17, 15) is 0 Å². The average molecular weight is 340 g/mol. The van der Waals surface area contributed by atoms with E-state index in [0.29, 0.717) is 0 Å². The van der Waals surface area contributed by atoms with E-state index < -0.39 is 0 Å². The second-order valence-electron chi connectivity index (χ2n) is 6.69. The van der Waals surface area contributed by atoms with Gasteiger partial charge in [0.05, 0.1) is 7.11 Å². The Morgan fingerprint density at radius 3 is 2.00 bits per heavy atom. The van der Waals surface area contributed by atoms with Crippen LogP contribution in [0.2, 0.25) is 5.02 Å². The number of halogens is 1. The first-order valence-corrected chi connectivity index (χ1v) is 9.48. The molecule has 0 unspecified atom stereocenters. The highest BCUT2D eigenvalue weighted by Crippen LogP contribution is 2.24. The Balaban J connectivity index is 1.97. The smallest absolute Gasteiger partial charge is 0.119 e. The number of aryl methyl sites for hydroxylation is 1. The molecule has 132 valence electrons. The lowest BCUT2D eigenvalue weighted by atomic mass is 10.0. The van der Waals surface area contributed by atoms with Crippen molar-refractivity contribution < 1.29 is 4.74 Å². The highest BCUT2D eigenvalue weighted by Gasteiger charge is 2.02. The maximum Gasteiger partial charge on any atom is 0.119 e. The first kappa shape index (κ1) is 20.3. The molecule has 1 aromatic carbocycles. The van der Waals surface area contributed by atoms with Gasteiger partial charge in [-0.1, -0.05) is 56.5 Å². The van der Waals surface area contributed by atoms with Crippen molar-refractivity contribution in [2.24, 2.45) is 0 Å². The molecule has 0 aromatic heterocycles. The van der Waals surface area contributed by atoms with Crippen molar-refractivity contribution in [2.75, 3.05) is 27.7 Å². The number of benzene rings is 1. The molecule has 0 heterocycles. The number of unbranched alkanes of at least 4 members (excludes halogenated alkanes) is 8. The van der Waals surface area contributed by atoms with Gasteiger partial charge in [-0.25, -0.2) is 0 Å². The fourth-order valence-corrected chi connectivity index (χ4v) is 3.06. The molecule has 0 fully saturated rings. The summed E-state index contributed by atoms with van der Waals surface area (Å²) in [6.07, 6.45) is 13.2. The molecule has 0 N–H and O–H groups in total. The summed E-state index contributed by atoms with van der Waals surface area (Å²) < 4.78 is 5.26. The SMILES string of the molecule is COc1ccc(Cl)c(CCCCCCCCCCCN(C)C)c1. The van der Waals surface area contributed by atoms with Gasteiger partial charge in [-0.3, -0.25) is 0 Å². The maximum absolute atomic E-state index is 6.24. The number of methoxy groups -OCH3 is 1. The Morgan fingerprint density at radius 2 is 1.43 bits per heavy atom. The minimum Gasteiger partial charge on any atom is -0.497 e. The zero-order valence-corrected chi connectivity index (χ0v) is 16.0. The van der Waals surface area contributed by atoms with E-state index in [0.717, 1.165) is 17.2 Å². The van der Waals surface area contributed by atoms with Gasteiger partial charge in [0.25, 0.3) is 0 Å². The second kappa shape index (κ2) is 12.7. The topological polar surface area (TPSA) is 12.5 Å². The molecule has 0 atom stereocenters. The Hall–Kier alpha value is -0.730. The van der Waals surface area contributed by atoms with Gasteiger partial charge in [0.2, 0.25) is 0 Å². The fraction of sp³-hybridized carbons (Fsp3) is 0.700. The first-order valence-electron chi connectivity index (χ1n) is 9.10. The summed E-state index contributed by atoms with van der Waals surface area (Å²) in [6, 6.07) is 5.92. The number of hydrogen-bond acceptors (Lipinski definition) is 2. The third kappa shape index (κ3) is 9.88. The number of nitrogens with zero attached hydrogens (tertiary/aromatic N) is 1. The molecular weight excluding hydrogens is 306 g/mol. The first-order chi connectivity index (χ1) is 11.1. The summed E-state index contributed by atoms with van der Waals surface area (Å²) in [5.41, 5.74) is 1.21. The summed E-state index contributed by atoms with van der Waals surface area (Å²) in [4.78, 5) is 2.27. The van der Waals surface area contributed by atoms with Crippen LogP contribution in [0.1, 0.15) is 63.4 Å². The van der Waals surface area contributed by atoms with E-state index in [4.69, 9.17) is 16.3 Å². The fourth-order valence-electron chi connectivity index (χ4n) is 2.85. The molecule has 0 aliphatic rings. The molecule has 0 aliphatic carbocycles. The molecule has 0 saturated heterocycles. The quantitative estimate of drug-likeness (QED) is 0.411. The van der Waals surface area contributed by atoms with Crippen LogP contribution >= 0.6 is 11.6 Å². The van der Waals surface area contributed by atoms with Gasteiger partial charge in [-0.2, -0.15) is 0 Å². The third-order valence-corrected chi connectivity index (χ3v) is 4.67. The van der Waals surface area contributed by atoms with E-state index in [1.165, 1.54) is 69.9 Å². The van der Waals surface area contributed by atoms with Gasteiger partial charge in [0, 0.05) is 5.02 Å². The monoisotopic (exact) mass is 339 g/mol. The summed E-state index contributed by atoms with van der Waals surface area (Å²) in [5, 5.41) is 0.864. The van der Waals surface area contributed by atoms with E-state index in [2.05, 4.69) is 25.1 Å². The maximum atomic E-state index is 6.24. The number of rotatable bonds is 13. The number of ether oxygens (including phenoxy) is 1. The molecule has 1 rings (SSSR count). The van der Waals surface area contributed by atoms with Crippen LogP contribution in [0.4, 0.5) is 0 Å². The molecule has 0 aliphatic heterocycles. The van der Waals surface area contributed by atoms with Gasteiger partial charge in [-0.15, -0.1) is 0 Å². The standard InChI is InChI=1S/C20H34ClNO/c1-22(2)16-12-10-8-6-4-5-7-9-11-13-18-17-19(23-3)14-15-20(18)21/h14-15,17H,4-13,16H2,1-3H3. The van der Waals surface area contributed by atoms with Gasteiger partial charge >= 0.3 is 0 Å². The van der Waals surface area contributed by atoms with Gasteiger partial charge < -0.3 is 9.64 Å². The van der Waals surface area contributed by atoms with Crippen molar-refractivity contribution in [1.82, 2.24) is 4.90 Å². The normalized spacial score (nSPS) is 11.2. The molecule has 0 bridgehead atoms. The molecule has 0 amide bonds. The van der Waals surface area contributed by atoms with Crippen molar-refractivity contribution in [3.8, 4) is 5.75 Å². The van der Waals surface area contributed by atoms with Crippen molar-refractivity contribution in [1.29, 1.82) is 0 Å². The van der Waals surface area contributed by atoms with Gasteiger partial charge in [0.15, 0.2) is 0 Å². The van der Waals surface area contributed by atoms with Crippen molar-refractivity contribution in [3.05, 3.63) is 28.8 Å². The lowest BCUT2D eigenvalue weighted by Gasteiger charge is -2.08. The summed E-state index contributed by atoms with van der Waals surface area (Å²) >= 11 is 6.24. The molecule has 0 spiro atoms. The van der Waals surface area contributed by atoms with Crippen molar-refractivity contribution >= 4 is 11.6 Å². The van der Waals surface area contributed by atoms with Crippen LogP contribution in [-0.2, 0) is 6.42 Å². The minimum absolute atomic E-state index is 0.864. The Morgan fingerprint density at radius 1 is 0.870 bits per heavy atom. The van der Waals surface area contributed by atoms with Crippen molar-refractivity contribution in [2.45, 2.75) is 64.2 Å². The van der Waals surface area contributed by atoms with Crippen LogP contribution in [0.3, 0.4) is 0 Å². The molecular formula is C20H34ClNO. The largest absolute Gasteiger partial charge is 0.497 e. The van der Waals surface area contributed by atoms with E-state index in [1.54, 1.807) is 7.11 Å². The number of hydrogen-bond donors (Lipinski definition) is 0. The second-order valence-corrected chi connectivity index (χ2v) is 7.10. The molecule has 0 radical (unpaired) electrons. The molecule has 2 nitrogen and oxygen atoms in total. The van der Waals surface area contributed by atoms with Crippen LogP contribution in [0.25, 0.3) is 0 Å². The third-order valence-electron chi connectivity index (χ3n) is 4.30. The Bertz CT molecular complexity index is 420. The molecule has 0 saturated carbocycles. The molecule has 1 aromatic rings. The van der Waals surface area contributed by atoms with Gasteiger partial charge in [-0.05, 0) is 63.7 Å². The van der Waals surface area contributed by atoms with Crippen LogP contribution in [0, 0.1) is 0 Å². The minimum atomic E-state index is 0.864. The Labute approximate surface area is 148 Å². The van der Waals surface area contributed by atoms with Gasteiger partial charge in [0.1, 0.15) is 5.75 Å². The van der Waals surface area contributed by atoms with Crippen LogP contribution < -0.4 is 4.74 Å². The van der Waals surface area contributed by atoms with Crippen LogP contribution in [0.15, 0.2) is 18.2 Å². The summed E-state index contributed by atoms with van der Waals surface area (Å²) in [7, 11) is 6.00. The van der Waals surface area contributed by atoms with Crippen LogP contribution in [0.5, 0.6) is 5.75 Å². The van der Waals surface area contributed by atoms with Crippen molar-refractivity contribution in [3.63, 3.8) is 0 Å². The predicted octanol–water partition coefficient (Wildman–Crippen LogP) is 5.96. The highest BCUT2D eigenvalue weighted by atomic mass is 35.5. The lowest BCUT2D eigenvalue weighted by Crippen LogP contribution is -2.12. The summed E-state index contributed by atoms with van der Waals surface area (Å²) in [5.74, 6) is 0.902. The summed E-state index contributed by atoms with van der Waals surface area (Å²) in [6.45, 7) is 1.23.